The zero-order chi connectivity index (χ0) is 14.5. The Bertz CT molecular complexity index is 619. The number of rotatable bonds is 3. The van der Waals surface area contributed by atoms with Crippen molar-refractivity contribution in [1.29, 1.82) is 0 Å². The SMILES string of the molecule is COC(=O)c1ccc(NC(=O)Nc2ccnn2C)cc1. The van der Waals surface area contributed by atoms with Crippen LogP contribution in [0.15, 0.2) is 36.5 Å². The molecule has 2 N–H and O–H groups in total. The van der Waals surface area contributed by atoms with Crippen molar-refractivity contribution in [3.8, 4) is 0 Å². The predicted molar refractivity (Wildman–Crippen MR) is 73.6 cm³/mol. The van der Waals surface area contributed by atoms with Gasteiger partial charge in [-0.1, -0.05) is 0 Å². The highest BCUT2D eigenvalue weighted by atomic mass is 16.5. The Morgan fingerprint density at radius 3 is 2.40 bits per heavy atom. The molecule has 2 aromatic rings. The highest BCUT2D eigenvalue weighted by molar-refractivity contribution is 5.99. The van der Waals surface area contributed by atoms with Crippen LogP contribution in [0.5, 0.6) is 0 Å². The van der Waals surface area contributed by atoms with Crippen LogP contribution in [0.4, 0.5) is 16.3 Å². The number of anilines is 2. The first-order valence-electron chi connectivity index (χ1n) is 5.84. The number of amides is 2. The number of ether oxygens (including phenoxy) is 1. The van der Waals surface area contributed by atoms with Crippen molar-refractivity contribution in [3.05, 3.63) is 42.1 Å². The molecule has 7 nitrogen and oxygen atoms in total. The maximum absolute atomic E-state index is 11.8. The number of aromatic nitrogens is 2. The van der Waals surface area contributed by atoms with Gasteiger partial charge < -0.3 is 10.1 Å². The van der Waals surface area contributed by atoms with Crippen molar-refractivity contribution in [3.63, 3.8) is 0 Å². The summed E-state index contributed by atoms with van der Waals surface area (Å²) in [5, 5.41) is 9.23. The summed E-state index contributed by atoms with van der Waals surface area (Å²) in [5.41, 5.74) is 0.988. The second kappa shape index (κ2) is 5.87. The van der Waals surface area contributed by atoms with Gasteiger partial charge in [-0.2, -0.15) is 5.10 Å². The minimum atomic E-state index is -0.420. The Morgan fingerprint density at radius 2 is 1.85 bits per heavy atom. The van der Waals surface area contributed by atoms with Crippen LogP contribution < -0.4 is 10.6 Å². The number of benzene rings is 1. The lowest BCUT2D eigenvalue weighted by Crippen LogP contribution is -2.21. The molecular weight excluding hydrogens is 260 g/mol. The molecule has 0 spiro atoms. The number of carbonyl (C=O) groups is 2. The molecule has 2 rings (SSSR count). The molecule has 0 radical (unpaired) electrons. The van der Waals surface area contributed by atoms with Crippen LogP contribution >= 0.6 is 0 Å². The first kappa shape index (κ1) is 13.6. The number of carbonyl (C=O) groups excluding carboxylic acids is 2. The Balaban J connectivity index is 1.98. The number of hydrogen-bond acceptors (Lipinski definition) is 4. The molecule has 20 heavy (non-hydrogen) atoms. The summed E-state index contributed by atoms with van der Waals surface area (Å²) in [7, 11) is 3.04. The number of esters is 1. The quantitative estimate of drug-likeness (QED) is 0.836. The zero-order valence-electron chi connectivity index (χ0n) is 11.1. The lowest BCUT2D eigenvalue weighted by atomic mass is 10.2. The number of hydrogen-bond donors (Lipinski definition) is 2. The summed E-state index contributed by atoms with van der Waals surface area (Å²) in [5.74, 6) is 0.157. The van der Waals surface area contributed by atoms with E-state index >= 15 is 0 Å². The van der Waals surface area contributed by atoms with Gasteiger partial charge in [0.05, 0.1) is 18.9 Å². The van der Waals surface area contributed by atoms with Crippen molar-refractivity contribution in [2.45, 2.75) is 0 Å². The van der Waals surface area contributed by atoms with Gasteiger partial charge in [0.1, 0.15) is 5.82 Å². The van der Waals surface area contributed by atoms with Gasteiger partial charge in [0, 0.05) is 18.8 Å². The monoisotopic (exact) mass is 274 g/mol. The Kier molecular flexibility index (Phi) is 3.99. The molecule has 0 atom stereocenters. The molecule has 0 bridgehead atoms. The van der Waals surface area contributed by atoms with E-state index in [9.17, 15) is 9.59 Å². The van der Waals surface area contributed by atoms with Gasteiger partial charge in [-0.15, -0.1) is 0 Å². The standard InChI is InChI=1S/C13H14N4O3/c1-17-11(7-8-14-17)16-13(19)15-10-5-3-9(4-6-10)12(18)20-2/h3-8H,1-2H3,(H2,15,16,19). The molecule has 2 amide bonds. The van der Waals surface area contributed by atoms with Crippen LogP contribution in [0.25, 0.3) is 0 Å². The smallest absolute Gasteiger partial charge is 0.337 e. The first-order chi connectivity index (χ1) is 9.60. The van der Waals surface area contributed by atoms with Crippen LogP contribution in [0.1, 0.15) is 10.4 Å². The molecular formula is C13H14N4O3. The number of urea groups is 1. The summed E-state index contributed by atoms with van der Waals surface area (Å²) in [6, 6.07) is 7.68. The topological polar surface area (TPSA) is 85.2 Å². The van der Waals surface area contributed by atoms with Crippen molar-refractivity contribution >= 4 is 23.5 Å². The number of methoxy groups -OCH3 is 1. The van der Waals surface area contributed by atoms with Gasteiger partial charge in [-0.25, -0.2) is 9.59 Å². The minimum Gasteiger partial charge on any atom is -0.465 e. The molecule has 0 saturated carbocycles. The van der Waals surface area contributed by atoms with Gasteiger partial charge in [0.25, 0.3) is 0 Å². The Morgan fingerprint density at radius 1 is 1.15 bits per heavy atom. The lowest BCUT2D eigenvalue weighted by Gasteiger charge is -2.08. The van der Waals surface area contributed by atoms with E-state index in [1.807, 2.05) is 0 Å². The highest BCUT2D eigenvalue weighted by Crippen LogP contribution is 2.11. The summed E-state index contributed by atoms with van der Waals surface area (Å²) in [6.45, 7) is 0. The molecule has 0 fully saturated rings. The summed E-state index contributed by atoms with van der Waals surface area (Å²) >= 11 is 0. The molecule has 7 heteroatoms. The van der Waals surface area contributed by atoms with E-state index in [0.717, 1.165) is 0 Å². The van der Waals surface area contributed by atoms with Gasteiger partial charge >= 0.3 is 12.0 Å². The molecule has 1 heterocycles. The van der Waals surface area contributed by atoms with Gasteiger partial charge in [0.2, 0.25) is 0 Å². The lowest BCUT2D eigenvalue weighted by molar-refractivity contribution is 0.0601. The molecule has 0 aliphatic heterocycles. The van der Waals surface area contributed by atoms with Crippen LogP contribution in [0, 0.1) is 0 Å². The number of nitrogens with one attached hydrogen (secondary N) is 2. The van der Waals surface area contributed by atoms with E-state index in [2.05, 4.69) is 20.5 Å². The normalized spacial score (nSPS) is 9.90. The fourth-order valence-electron chi connectivity index (χ4n) is 1.58. The number of aryl methyl sites for hydroxylation is 1. The van der Waals surface area contributed by atoms with Gasteiger partial charge in [-0.05, 0) is 24.3 Å². The van der Waals surface area contributed by atoms with Crippen LogP contribution in [-0.2, 0) is 11.8 Å². The average Bonchev–Trinajstić information content (AvgIpc) is 2.84. The molecule has 0 aliphatic carbocycles. The summed E-state index contributed by atoms with van der Waals surface area (Å²) in [4.78, 5) is 23.0. The van der Waals surface area contributed by atoms with Crippen molar-refractivity contribution in [2.75, 3.05) is 17.7 Å². The second-order valence-electron chi connectivity index (χ2n) is 3.99. The first-order valence-corrected chi connectivity index (χ1v) is 5.84. The van der Waals surface area contributed by atoms with Gasteiger partial charge in [-0.3, -0.25) is 10.00 Å². The summed E-state index contributed by atoms with van der Waals surface area (Å²) in [6.07, 6.45) is 1.58. The fraction of sp³-hybridized carbons (Fsp3) is 0.154. The molecule has 0 saturated heterocycles. The molecule has 0 unspecified atom stereocenters. The number of nitrogens with zero attached hydrogens (tertiary/aromatic N) is 2. The van der Waals surface area contributed by atoms with Crippen molar-refractivity contribution in [1.82, 2.24) is 9.78 Å². The highest BCUT2D eigenvalue weighted by Gasteiger charge is 2.07. The van der Waals surface area contributed by atoms with Crippen molar-refractivity contribution < 1.29 is 14.3 Å². The Labute approximate surface area is 115 Å². The minimum absolute atomic E-state index is 0.389. The van der Waals surface area contributed by atoms with Crippen LogP contribution in [-0.4, -0.2) is 28.9 Å². The van der Waals surface area contributed by atoms with E-state index in [1.165, 1.54) is 7.11 Å². The Hall–Kier alpha value is -2.83. The van der Waals surface area contributed by atoms with Crippen LogP contribution in [0.2, 0.25) is 0 Å². The van der Waals surface area contributed by atoms with E-state index < -0.39 is 5.97 Å². The van der Waals surface area contributed by atoms with E-state index in [4.69, 9.17) is 0 Å². The van der Waals surface area contributed by atoms with Crippen molar-refractivity contribution in [2.24, 2.45) is 7.05 Å². The molecule has 1 aromatic carbocycles. The molecule has 0 aliphatic rings. The van der Waals surface area contributed by atoms with E-state index in [1.54, 1.807) is 48.3 Å². The average molecular weight is 274 g/mol. The molecule has 104 valence electrons. The fourth-order valence-corrected chi connectivity index (χ4v) is 1.58. The summed E-state index contributed by atoms with van der Waals surface area (Å²) < 4.78 is 6.13. The van der Waals surface area contributed by atoms with E-state index in [-0.39, 0.29) is 6.03 Å². The second-order valence-corrected chi connectivity index (χ2v) is 3.99. The van der Waals surface area contributed by atoms with Crippen LogP contribution in [0.3, 0.4) is 0 Å². The third-order valence-electron chi connectivity index (χ3n) is 2.63. The third kappa shape index (κ3) is 3.14. The predicted octanol–water partition coefficient (Wildman–Crippen LogP) is 1.85. The maximum atomic E-state index is 11.8. The zero-order valence-corrected chi connectivity index (χ0v) is 11.1. The van der Waals surface area contributed by atoms with E-state index in [0.29, 0.717) is 17.1 Å². The maximum Gasteiger partial charge on any atom is 0.337 e. The molecule has 1 aromatic heterocycles. The largest absolute Gasteiger partial charge is 0.465 e. The van der Waals surface area contributed by atoms with Gasteiger partial charge in [0.15, 0.2) is 0 Å². The third-order valence-corrected chi connectivity index (χ3v) is 2.63.